The molecule has 1 saturated heterocycles. The topological polar surface area (TPSA) is 75.4 Å². The van der Waals surface area contributed by atoms with Crippen LogP contribution in [0.1, 0.15) is 41.4 Å². The van der Waals surface area contributed by atoms with Crippen molar-refractivity contribution in [1.82, 2.24) is 20.0 Å². The standard InChI is InChI=1S/C23H26FN5O2/c1-14-15(2)27-31-22(14)18-13-25-23(28(3)4)26-21(18)19-6-5-11-29(19)20(30)12-16-7-9-17(24)10-8-16/h7-10,13,19H,5-6,11-12H2,1-4H3/t19-/m0/s1. The van der Waals surface area contributed by atoms with Crippen molar-refractivity contribution in [2.45, 2.75) is 39.2 Å². The highest BCUT2D eigenvalue weighted by molar-refractivity contribution is 5.80. The number of benzene rings is 1. The predicted molar refractivity (Wildman–Crippen MR) is 115 cm³/mol. The quantitative estimate of drug-likeness (QED) is 0.620. The Balaban J connectivity index is 1.70. The minimum absolute atomic E-state index is 0.00412. The zero-order valence-corrected chi connectivity index (χ0v) is 18.2. The lowest BCUT2D eigenvalue weighted by molar-refractivity contribution is -0.131. The Hall–Kier alpha value is -3.29. The van der Waals surface area contributed by atoms with E-state index in [0.29, 0.717) is 18.3 Å². The molecule has 31 heavy (non-hydrogen) atoms. The number of hydrogen-bond acceptors (Lipinski definition) is 6. The first-order valence-electron chi connectivity index (χ1n) is 10.4. The Kier molecular flexibility index (Phi) is 5.71. The van der Waals surface area contributed by atoms with E-state index in [9.17, 15) is 9.18 Å². The molecule has 0 bridgehead atoms. The molecule has 1 aliphatic heterocycles. The van der Waals surface area contributed by atoms with Crippen LogP contribution in [0.25, 0.3) is 11.3 Å². The highest BCUT2D eigenvalue weighted by Gasteiger charge is 2.34. The highest BCUT2D eigenvalue weighted by atomic mass is 19.1. The Bertz CT molecular complexity index is 1090. The smallest absolute Gasteiger partial charge is 0.227 e. The third-order valence-corrected chi connectivity index (χ3v) is 5.76. The van der Waals surface area contributed by atoms with E-state index >= 15 is 0 Å². The average molecular weight is 423 g/mol. The van der Waals surface area contributed by atoms with Crippen LogP contribution < -0.4 is 4.90 Å². The molecule has 0 aliphatic carbocycles. The fraction of sp³-hybridized carbons (Fsp3) is 0.391. The number of likely N-dealkylation sites (tertiary alicyclic amines) is 1. The van der Waals surface area contributed by atoms with Crippen LogP contribution in [0, 0.1) is 19.7 Å². The summed E-state index contributed by atoms with van der Waals surface area (Å²) in [6.45, 7) is 4.50. The van der Waals surface area contributed by atoms with Gasteiger partial charge in [0.05, 0.1) is 29.4 Å². The van der Waals surface area contributed by atoms with Crippen molar-refractivity contribution in [1.29, 1.82) is 0 Å². The van der Waals surface area contributed by atoms with E-state index in [1.54, 1.807) is 18.3 Å². The summed E-state index contributed by atoms with van der Waals surface area (Å²) >= 11 is 0. The van der Waals surface area contributed by atoms with Gasteiger partial charge in [-0.05, 0) is 44.4 Å². The molecule has 7 nitrogen and oxygen atoms in total. The van der Waals surface area contributed by atoms with Crippen molar-refractivity contribution >= 4 is 11.9 Å². The number of anilines is 1. The molecule has 3 aromatic rings. The summed E-state index contributed by atoms with van der Waals surface area (Å²) < 4.78 is 18.8. The van der Waals surface area contributed by atoms with Gasteiger partial charge >= 0.3 is 0 Å². The molecule has 0 saturated carbocycles. The predicted octanol–water partition coefficient (Wildman–Crippen LogP) is 3.86. The van der Waals surface area contributed by atoms with Crippen LogP contribution in [0.15, 0.2) is 35.0 Å². The molecule has 0 radical (unpaired) electrons. The van der Waals surface area contributed by atoms with E-state index < -0.39 is 0 Å². The Morgan fingerprint density at radius 2 is 2.00 bits per heavy atom. The van der Waals surface area contributed by atoms with Crippen LogP contribution in [0.3, 0.4) is 0 Å². The molecule has 1 fully saturated rings. The molecule has 0 spiro atoms. The molecular weight excluding hydrogens is 397 g/mol. The molecule has 0 N–H and O–H groups in total. The number of carbonyl (C=O) groups excluding carboxylic acids is 1. The fourth-order valence-corrected chi connectivity index (χ4v) is 3.92. The summed E-state index contributed by atoms with van der Waals surface area (Å²) in [5, 5.41) is 4.08. The molecule has 4 rings (SSSR count). The summed E-state index contributed by atoms with van der Waals surface area (Å²) in [5.41, 5.74) is 4.06. The first-order chi connectivity index (χ1) is 14.8. The lowest BCUT2D eigenvalue weighted by Crippen LogP contribution is -2.33. The number of hydrogen-bond donors (Lipinski definition) is 0. The van der Waals surface area contributed by atoms with Gasteiger partial charge in [0, 0.05) is 32.4 Å². The summed E-state index contributed by atoms with van der Waals surface area (Å²) in [6, 6.07) is 5.88. The van der Waals surface area contributed by atoms with Crippen molar-refractivity contribution in [3.05, 3.63) is 58.8 Å². The minimum atomic E-state index is -0.310. The Morgan fingerprint density at radius 1 is 1.26 bits per heavy atom. The van der Waals surface area contributed by atoms with Gasteiger partial charge in [-0.1, -0.05) is 17.3 Å². The Labute approximate surface area is 180 Å². The minimum Gasteiger partial charge on any atom is -0.356 e. The monoisotopic (exact) mass is 423 g/mol. The van der Waals surface area contributed by atoms with Gasteiger partial charge < -0.3 is 14.3 Å². The lowest BCUT2D eigenvalue weighted by atomic mass is 10.0. The van der Waals surface area contributed by atoms with Crippen LogP contribution in [-0.2, 0) is 11.2 Å². The molecular formula is C23H26FN5O2. The summed E-state index contributed by atoms with van der Waals surface area (Å²) in [7, 11) is 3.77. The third-order valence-electron chi connectivity index (χ3n) is 5.76. The van der Waals surface area contributed by atoms with Gasteiger partial charge in [0.15, 0.2) is 5.76 Å². The third kappa shape index (κ3) is 4.15. The molecule has 3 heterocycles. The number of aryl methyl sites for hydroxylation is 1. The Morgan fingerprint density at radius 3 is 2.65 bits per heavy atom. The first-order valence-corrected chi connectivity index (χ1v) is 10.4. The molecule has 1 amide bonds. The van der Waals surface area contributed by atoms with Crippen LogP contribution in [0.4, 0.5) is 10.3 Å². The van der Waals surface area contributed by atoms with Gasteiger partial charge in [0.25, 0.3) is 0 Å². The average Bonchev–Trinajstić information content (AvgIpc) is 3.37. The molecule has 1 atom stereocenters. The van der Waals surface area contributed by atoms with Gasteiger partial charge in [0.2, 0.25) is 11.9 Å². The number of carbonyl (C=O) groups is 1. The van der Waals surface area contributed by atoms with Crippen LogP contribution in [-0.4, -0.2) is 46.6 Å². The van der Waals surface area contributed by atoms with Gasteiger partial charge in [-0.15, -0.1) is 0 Å². The van der Waals surface area contributed by atoms with E-state index in [0.717, 1.165) is 40.9 Å². The molecule has 162 valence electrons. The van der Waals surface area contributed by atoms with Crippen LogP contribution in [0.2, 0.25) is 0 Å². The molecule has 1 aliphatic rings. The van der Waals surface area contributed by atoms with E-state index in [-0.39, 0.29) is 24.2 Å². The van der Waals surface area contributed by atoms with E-state index in [4.69, 9.17) is 9.51 Å². The van der Waals surface area contributed by atoms with E-state index in [2.05, 4.69) is 10.1 Å². The van der Waals surface area contributed by atoms with E-state index in [1.165, 1.54) is 12.1 Å². The van der Waals surface area contributed by atoms with Crippen molar-refractivity contribution in [3.8, 4) is 11.3 Å². The van der Waals surface area contributed by atoms with Crippen LogP contribution in [0.5, 0.6) is 0 Å². The zero-order valence-electron chi connectivity index (χ0n) is 18.2. The number of halogens is 1. The number of rotatable bonds is 5. The second-order valence-corrected chi connectivity index (χ2v) is 8.13. The van der Waals surface area contributed by atoms with Crippen molar-refractivity contribution < 1.29 is 13.7 Å². The van der Waals surface area contributed by atoms with Crippen LogP contribution >= 0.6 is 0 Å². The maximum atomic E-state index is 13.2. The highest BCUT2D eigenvalue weighted by Crippen LogP contribution is 2.38. The number of nitrogens with zero attached hydrogens (tertiary/aromatic N) is 5. The number of aromatic nitrogens is 3. The number of amides is 1. The van der Waals surface area contributed by atoms with Gasteiger partial charge in [-0.2, -0.15) is 0 Å². The molecule has 2 aromatic heterocycles. The maximum absolute atomic E-state index is 13.2. The maximum Gasteiger partial charge on any atom is 0.227 e. The summed E-state index contributed by atoms with van der Waals surface area (Å²) in [5.74, 6) is 0.895. The molecule has 1 aromatic carbocycles. The molecule has 0 unspecified atom stereocenters. The first kappa shape index (κ1) is 21.0. The van der Waals surface area contributed by atoms with Gasteiger partial charge in [-0.25, -0.2) is 14.4 Å². The van der Waals surface area contributed by atoms with Gasteiger partial charge in [-0.3, -0.25) is 4.79 Å². The fourth-order valence-electron chi connectivity index (χ4n) is 3.92. The van der Waals surface area contributed by atoms with Crippen molar-refractivity contribution in [2.75, 3.05) is 25.5 Å². The summed E-state index contributed by atoms with van der Waals surface area (Å²) in [6.07, 6.45) is 3.66. The SMILES string of the molecule is Cc1noc(-c2cnc(N(C)C)nc2[C@@H]2CCCN2C(=O)Cc2ccc(F)cc2)c1C. The second-order valence-electron chi connectivity index (χ2n) is 8.13. The normalized spacial score (nSPS) is 16.0. The van der Waals surface area contributed by atoms with Crippen molar-refractivity contribution in [3.63, 3.8) is 0 Å². The molecule has 8 heteroatoms. The van der Waals surface area contributed by atoms with E-state index in [1.807, 2.05) is 37.7 Å². The zero-order chi connectivity index (χ0) is 22.1. The largest absolute Gasteiger partial charge is 0.356 e. The van der Waals surface area contributed by atoms with Crippen molar-refractivity contribution in [2.24, 2.45) is 0 Å². The lowest BCUT2D eigenvalue weighted by Gasteiger charge is -2.26. The van der Waals surface area contributed by atoms with Gasteiger partial charge in [0.1, 0.15) is 5.82 Å². The summed E-state index contributed by atoms with van der Waals surface area (Å²) in [4.78, 5) is 26.2. The second kappa shape index (κ2) is 8.45.